The number of hydrogen-bond acceptors (Lipinski definition) is 2. The van der Waals surface area contributed by atoms with Gasteiger partial charge >= 0.3 is 0 Å². The van der Waals surface area contributed by atoms with Gasteiger partial charge in [0.2, 0.25) is 0 Å². The summed E-state index contributed by atoms with van der Waals surface area (Å²) in [7, 11) is 1.65. The van der Waals surface area contributed by atoms with Gasteiger partial charge in [-0.3, -0.25) is 4.79 Å². The standard InChI is InChI=1S/C19H23NO2/c1-3-4-6-15-9-11-18(12-10-15)20-19(21)17-8-5-7-16(13-17)14-22-2/h5,7-13H,3-4,6,14H2,1-2H3,(H,20,21). The number of methoxy groups -OCH3 is 1. The molecule has 0 aliphatic heterocycles. The van der Waals surface area contributed by atoms with Crippen LogP contribution in [0.4, 0.5) is 5.69 Å². The van der Waals surface area contributed by atoms with E-state index in [1.54, 1.807) is 7.11 Å². The lowest BCUT2D eigenvalue weighted by Crippen LogP contribution is -2.12. The number of hydrogen-bond donors (Lipinski definition) is 1. The van der Waals surface area contributed by atoms with Crippen LogP contribution in [0.5, 0.6) is 0 Å². The highest BCUT2D eigenvalue weighted by Gasteiger charge is 2.07. The molecule has 0 saturated heterocycles. The fraction of sp³-hybridized carbons (Fsp3) is 0.316. The first-order chi connectivity index (χ1) is 10.7. The van der Waals surface area contributed by atoms with Crippen molar-refractivity contribution in [3.63, 3.8) is 0 Å². The van der Waals surface area contributed by atoms with E-state index in [1.165, 1.54) is 18.4 Å². The van der Waals surface area contributed by atoms with Crippen molar-refractivity contribution in [2.45, 2.75) is 32.8 Å². The van der Waals surface area contributed by atoms with Gasteiger partial charge in [-0.2, -0.15) is 0 Å². The molecule has 0 radical (unpaired) electrons. The van der Waals surface area contributed by atoms with Crippen molar-refractivity contribution in [1.82, 2.24) is 0 Å². The summed E-state index contributed by atoms with van der Waals surface area (Å²) in [6, 6.07) is 15.6. The Kier molecular flexibility index (Phi) is 6.16. The second kappa shape index (κ2) is 8.35. The Bertz CT molecular complexity index is 605. The molecule has 0 aliphatic carbocycles. The van der Waals surface area contributed by atoms with Gasteiger partial charge in [-0.15, -0.1) is 0 Å². The lowest BCUT2D eigenvalue weighted by molar-refractivity contribution is 0.102. The molecule has 0 spiro atoms. The summed E-state index contributed by atoms with van der Waals surface area (Å²) < 4.78 is 5.09. The molecule has 2 rings (SSSR count). The number of amides is 1. The number of nitrogens with one attached hydrogen (secondary N) is 1. The zero-order chi connectivity index (χ0) is 15.8. The molecule has 0 atom stereocenters. The zero-order valence-electron chi connectivity index (χ0n) is 13.3. The van der Waals surface area contributed by atoms with Crippen LogP contribution in [0.1, 0.15) is 41.3 Å². The minimum absolute atomic E-state index is 0.0979. The number of carbonyl (C=O) groups is 1. The van der Waals surface area contributed by atoms with E-state index in [4.69, 9.17) is 4.74 Å². The van der Waals surface area contributed by atoms with E-state index in [1.807, 2.05) is 36.4 Å². The summed E-state index contributed by atoms with van der Waals surface area (Å²) in [5.41, 5.74) is 3.76. The second-order valence-corrected chi connectivity index (χ2v) is 5.39. The molecule has 0 fully saturated rings. The van der Waals surface area contributed by atoms with Crippen molar-refractivity contribution < 1.29 is 9.53 Å². The summed E-state index contributed by atoms with van der Waals surface area (Å²) in [4.78, 5) is 12.3. The monoisotopic (exact) mass is 297 g/mol. The number of aryl methyl sites for hydroxylation is 1. The fourth-order valence-corrected chi connectivity index (χ4v) is 2.31. The third kappa shape index (κ3) is 4.71. The molecule has 0 unspecified atom stereocenters. The van der Waals surface area contributed by atoms with Crippen LogP contribution < -0.4 is 5.32 Å². The molecule has 1 N–H and O–H groups in total. The van der Waals surface area contributed by atoms with Gasteiger partial charge in [0, 0.05) is 18.4 Å². The summed E-state index contributed by atoms with van der Waals surface area (Å²) in [6.45, 7) is 2.69. The van der Waals surface area contributed by atoms with Crippen molar-refractivity contribution in [3.05, 3.63) is 65.2 Å². The summed E-state index contributed by atoms with van der Waals surface area (Å²) in [5, 5.41) is 2.93. The Morgan fingerprint density at radius 2 is 1.86 bits per heavy atom. The molecule has 3 heteroatoms. The first kappa shape index (κ1) is 16.2. The van der Waals surface area contributed by atoms with Crippen LogP contribution in [0.2, 0.25) is 0 Å². The lowest BCUT2D eigenvalue weighted by atomic mass is 10.1. The smallest absolute Gasteiger partial charge is 0.255 e. The van der Waals surface area contributed by atoms with Crippen molar-refractivity contribution in [2.24, 2.45) is 0 Å². The van der Waals surface area contributed by atoms with Crippen LogP contribution in [-0.4, -0.2) is 13.0 Å². The Morgan fingerprint density at radius 1 is 1.09 bits per heavy atom. The molecule has 1 amide bonds. The Labute approximate surface area is 132 Å². The van der Waals surface area contributed by atoms with Gasteiger partial charge in [0.25, 0.3) is 5.91 Å². The fourth-order valence-electron chi connectivity index (χ4n) is 2.31. The van der Waals surface area contributed by atoms with E-state index in [0.29, 0.717) is 12.2 Å². The molecule has 0 aromatic heterocycles. The van der Waals surface area contributed by atoms with Gasteiger partial charge < -0.3 is 10.1 Å². The summed E-state index contributed by atoms with van der Waals surface area (Å²) in [5.74, 6) is -0.0979. The van der Waals surface area contributed by atoms with Gasteiger partial charge in [0.1, 0.15) is 0 Å². The Hall–Kier alpha value is -2.13. The Morgan fingerprint density at radius 3 is 2.55 bits per heavy atom. The van der Waals surface area contributed by atoms with E-state index < -0.39 is 0 Å². The quantitative estimate of drug-likeness (QED) is 0.821. The van der Waals surface area contributed by atoms with Crippen LogP contribution in [-0.2, 0) is 17.8 Å². The van der Waals surface area contributed by atoms with Crippen LogP contribution in [0.15, 0.2) is 48.5 Å². The SMILES string of the molecule is CCCCc1ccc(NC(=O)c2cccc(COC)c2)cc1. The lowest BCUT2D eigenvalue weighted by Gasteiger charge is -2.08. The van der Waals surface area contributed by atoms with Gasteiger partial charge in [-0.05, 0) is 48.2 Å². The normalized spacial score (nSPS) is 10.5. The minimum atomic E-state index is -0.0979. The molecule has 2 aromatic carbocycles. The predicted octanol–water partition coefficient (Wildman–Crippen LogP) is 4.43. The third-order valence-electron chi connectivity index (χ3n) is 3.53. The average molecular weight is 297 g/mol. The number of ether oxygens (including phenoxy) is 1. The van der Waals surface area contributed by atoms with Crippen LogP contribution in [0.3, 0.4) is 0 Å². The molecular formula is C19H23NO2. The van der Waals surface area contributed by atoms with Crippen LogP contribution in [0.25, 0.3) is 0 Å². The highest BCUT2D eigenvalue weighted by atomic mass is 16.5. The zero-order valence-corrected chi connectivity index (χ0v) is 13.3. The molecule has 0 aliphatic rings. The maximum Gasteiger partial charge on any atom is 0.255 e. The minimum Gasteiger partial charge on any atom is -0.380 e. The summed E-state index contributed by atoms with van der Waals surface area (Å²) in [6.07, 6.45) is 3.47. The van der Waals surface area contributed by atoms with Crippen molar-refractivity contribution in [3.8, 4) is 0 Å². The predicted molar refractivity (Wildman–Crippen MR) is 90.2 cm³/mol. The molecule has 3 nitrogen and oxygen atoms in total. The maximum atomic E-state index is 12.3. The maximum absolute atomic E-state index is 12.3. The van der Waals surface area contributed by atoms with E-state index in [9.17, 15) is 4.79 Å². The number of unbranched alkanes of at least 4 members (excludes halogenated alkanes) is 1. The number of anilines is 1. The molecular weight excluding hydrogens is 274 g/mol. The van der Waals surface area contributed by atoms with Gasteiger partial charge in [-0.25, -0.2) is 0 Å². The highest BCUT2D eigenvalue weighted by Crippen LogP contribution is 2.14. The molecule has 116 valence electrons. The Balaban J connectivity index is 2.00. The average Bonchev–Trinajstić information content (AvgIpc) is 2.55. The van der Waals surface area contributed by atoms with Crippen LogP contribution >= 0.6 is 0 Å². The molecule has 2 aromatic rings. The first-order valence-electron chi connectivity index (χ1n) is 7.71. The van der Waals surface area contributed by atoms with Crippen molar-refractivity contribution in [1.29, 1.82) is 0 Å². The number of carbonyl (C=O) groups excluding carboxylic acids is 1. The number of benzene rings is 2. The van der Waals surface area contributed by atoms with Crippen LogP contribution in [0, 0.1) is 0 Å². The van der Waals surface area contributed by atoms with Crippen molar-refractivity contribution >= 4 is 11.6 Å². The molecule has 22 heavy (non-hydrogen) atoms. The van der Waals surface area contributed by atoms with E-state index in [0.717, 1.165) is 17.7 Å². The largest absolute Gasteiger partial charge is 0.380 e. The van der Waals surface area contributed by atoms with E-state index in [2.05, 4.69) is 24.4 Å². The van der Waals surface area contributed by atoms with E-state index >= 15 is 0 Å². The molecule has 0 saturated carbocycles. The van der Waals surface area contributed by atoms with Gasteiger partial charge in [0.05, 0.1) is 6.61 Å². The third-order valence-corrected chi connectivity index (χ3v) is 3.53. The summed E-state index contributed by atoms with van der Waals surface area (Å²) >= 11 is 0. The van der Waals surface area contributed by atoms with Gasteiger partial charge in [0.15, 0.2) is 0 Å². The topological polar surface area (TPSA) is 38.3 Å². The van der Waals surface area contributed by atoms with Crippen molar-refractivity contribution in [2.75, 3.05) is 12.4 Å². The molecule has 0 heterocycles. The number of rotatable bonds is 7. The second-order valence-electron chi connectivity index (χ2n) is 5.39. The first-order valence-corrected chi connectivity index (χ1v) is 7.71. The highest BCUT2D eigenvalue weighted by molar-refractivity contribution is 6.04. The molecule has 0 bridgehead atoms. The van der Waals surface area contributed by atoms with E-state index in [-0.39, 0.29) is 5.91 Å². The van der Waals surface area contributed by atoms with Gasteiger partial charge in [-0.1, -0.05) is 37.6 Å².